The first-order valence-corrected chi connectivity index (χ1v) is 7.24. The summed E-state index contributed by atoms with van der Waals surface area (Å²) in [5.41, 5.74) is 4.45. The molecule has 1 aliphatic rings. The van der Waals surface area contributed by atoms with Crippen LogP contribution in [0.3, 0.4) is 0 Å². The van der Waals surface area contributed by atoms with Gasteiger partial charge in [0.05, 0.1) is 0 Å². The summed E-state index contributed by atoms with van der Waals surface area (Å²) in [6, 6.07) is 9.44. The van der Waals surface area contributed by atoms with Crippen LogP contribution in [-0.4, -0.2) is 12.6 Å². The number of hydrogen-bond donors (Lipinski definition) is 1. The molecule has 98 valence electrons. The predicted octanol–water partition coefficient (Wildman–Crippen LogP) is 4.05. The standard InChI is InChI=1S/C17H25N/c1-4-10-18-17(11-13(3)5-2)16-12-14-8-6-7-9-15(14)16/h6-9,16-18H,3-5,10-12H2,1-2H3. The quantitative estimate of drug-likeness (QED) is 0.712. The second-order valence-corrected chi connectivity index (χ2v) is 5.38. The molecule has 1 nitrogen and oxygen atoms in total. The number of fused-ring (bicyclic) bond motifs is 1. The molecule has 0 heterocycles. The fraction of sp³-hybridized carbons (Fsp3) is 0.529. The Morgan fingerprint density at radius 2 is 2.17 bits per heavy atom. The average Bonchev–Trinajstić information content (AvgIpc) is 2.36. The van der Waals surface area contributed by atoms with Crippen molar-refractivity contribution in [1.29, 1.82) is 0 Å². The smallest absolute Gasteiger partial charge is 0.0176 e. The van der Waals surface area contributed by atoms with Gasteiger partial charge in [-0.2, -0.15) is 0 Å². The molecule has 1 aromatic carbocycles. The monoisotopic (exact) mass is 243 g/mol. The molecule has 1 aliphatic carbocycles. The molecule has 2 atom stereocenters. The normalized spacial score (nSPS) is 18.9. The van der Waals surface area contributed by atoms with Crippen molar-refractivity contribution in [2.24, 2.45) is 0 Å². The maximum Gasteiger partial charge on any atom is 0.0176 e. The Morgan fingerprint density at radius 3 is 2.83 bits per heavy atom. The van der Waals surface area contributed by atoms with Crippen molar-refractivity contribution in [3.05, 3.63) is 47.5 Å². The first-order valence-electron chi connectivity index (χ1n) is 7.24. The zero-order valence-corrected chi connectivity index (χ0v) is 11.7. The van der Waals surface area contributed by atoms with Crippen LogP contribution in [0, 0.1) is 0 Å². The fourth-order valence-corrected chi connectivity index (χ4v) is 2.80. The van der Waals surface area contributed by atoms with E-state index < -0.39 is 0 Å². The van der Waals surface area contributed by atoms with Crippen molar-refractivity contribution in [2.45, 2.75) is 51.5 Å². The van der Waals surface area contributed by atoms with E-state index >= 15 is 0 Å². The van der Waals surface area contributed by atoms with Crippen LogP contribution in [0.4, 0.5) is 0 Å². The third kappa shape index (κ3) is 2.84. The Hall–Kier alpha value is -1.08. The lowest BCUT2D eigenvalue weighted by atomic mass is 9.72. The minimum Gasteiger partial charge on any atom is -0.313 e. The highest BCUT2D eigenvalue weighted by Gasteiger charge is 2.32. The van der Waals surface area contributed by atoms with E-state index in [9.17, 15) is 0 Å². The van der Waals surface area contributed by atoms with Gasteiger partial charge in [-0.15, -0.1) is 0 Å². The van der Waals surface area contributed by atoms with Gasteiger partial charge in [-0.25, -0.2) is 0 Å². The molecule has 0 saturated carbocycles. The summed E-state index contributed by atoms with van der Waals surface area (Å²) in [4.78, 5) is 0. The summed E-state index contributed by atoms with van der Waals surface area (Å²) in [5, 5.41) is 3.72. The number of rotatable bonds is 7. The Bertz CT molecular complexity index is 408. The molecule has 0 amide bonds. The molecular formula is C17H25N. The average molecular weight is 243 g/mol. The molecule has 18 heavy (non-hydrogen) atoms. The summed E-state index contributed by atoms with van der Waals surface area (Å²) in [5.74, 6) is 0.691. The third-order valence-electron chi connectivity index (χ3n) is 4.05. The van der Waals surface area contributed by atoms with Crippen molar-refractivity contribution >= 4 is 0 Å². The second kappa shape index (κ2) is 6.19. The van der Waals surface area contributed by atoms with Gasteiger partial charge >= 0.3 is 0 Å². The van der Waals surface area contributed by atoms with E-state index in [0.29, 0.717) is 12.0 Å². The lowest BCUT2D eigenvalue weighted by Crippen LogP contribution is -2.40. The zero-order valence-electron chi connectivity index (χ0n) is 11.7. The van der Waals surface area contributed by atoms with Crippen LogP contribution in [0.2, 0.25) is 0 Å². The van der Waals surface area contributed by atoms with Crippen LogP contribution in [0.15, 0.2) is 36.4 Å². The third-order valence-corrected chi connectivity index (χ3v) is 4.05. The molecule has 0 spiro atoms. The van der Waals surface area contributed by atoms with Gasteiger partial charge in [0.2, 0.25) is 0 Å². The maximum atomic E-state index is 4.18. The lowest BCUT2D eigenvalue weighted by molar-refractivity contribution is 0.395. The first-order chi connectivity index (χ1) is 8.76. The fourth-order valence-electron chi connectivity index (χ4n) is 2.80. The molecule has 0 saturated heterocycles. The topological polar surface area (TPSA) is 12.0 Å². The number of benzene rings is 1. The Morgan fingerprint density at radius 1 is 1.39 bits per heavy atom. The molecule has 1 N–H and O–H groups in total. The van der Waals surface area contributed by atoms with E-state index in [1.165, 1.54) is 24.0 Å². The van der Waals surface area contributed by atoms with Gasteiger partial charge in [-0.1, -0.05) is 50.3 Å². The van der Waals surface area contributed by atoms with Crippen molar-refractivity contribution in [3.8, 4) is 0 Å². The Labute approximate surface area is 111 Å². The molecule has 0 fully saturated rings. The summed E-state index contributed by atoms with van der Waals surface area (Å²) in [7, 11) is 0. The summed E-state index contributed by atoms with van der Waals surface area (Å²) in [6.07, 6.45) is 4.65. The number of nitrogens with one attached hydrogen (secondary N) is 1. The van der Waals surface area contributed by atoms with E-state index in [-0.39, 0.29) is 0 Å². The van der Waals surface area contributed by atoms with Crippen LogP contribution < -0.4 is 5.32 Å². The molecule has 1 heteroatoms. The zero-order chi connectivity index (χ0) is 13.0. The van der Waals surface area contributed by atoms with Crippen molar-refractivity contribution in [3.63, 3.8) is 0 Å². The first kappa shape index (κ1) is 13.4. The molecule has 0 bridgehead atoms. The number of hydrogen-bond acceptors (Lipinski definition) is 1. The van der Waals surface area contributed by atoms with Crippen LogP contribution in [0.25, 0.3) is 0 Å². The Balaban J connectivity index is 2.04. The van der Waals surface area contributed by atoms with Crippen LogP contribution in [0.1, 0.15) is 50.2 Å². The van der Waals surface area contributed by atoms with Crippen LogP contribution in [-0.2, 0) is 6.42 Å². The molecular weight excluding hydrogens is 218 g/mol. The minimum absolute atomic E-state index is 0.576. The molecule has 0 aromatic heterocycles. The van der Waals surface area contributed by atoms with E-state index in [0.717, 1.165) is 19.4 Å². The maximum absolute atomic E-state index is 4.18. The van der Waals surface area contributed by atoms with Crippen LogP contribution >= 0.6 is 0 Å². The van der Waals surface area contributed by atoms with Gasteiger partial charge in [0.1, 0.15) is 0 Å². The van der Waals surface area contributed by atoms with E-state index in [4.69, 9.17) is 0 Å². The van der Waals surface area contributed by atoms with Gasteiger partial charge in [0.25, 0.3) is 0 Å². The largest absolute Gasteiger partial charge is 0.313 e. The predicted molar refractivity (Wildman–Crippen MR) is 79.0 cm³/mol. The highest BCUT2D eigenvalue weighted by molar-refractivity contribution is 5.41. The van der Waals surface area contributed by atoms with E-state index in [1.807, 2.05) is 0 Å². The molecule has 2 rings (SSSR count). The van der Waals surface area contributed by atoms with Gasteiger partial charge in [0.15, 0.2) is 0 Å². The molecule has 2 unspecified atom stereocenters. The Kier molecular flexibility index (Phi) is 4.60. The van der Waals surface area contributed by atoms with Gasteiger partial charge in [-0.05, 0) is 43.4 Å². The van der Waals surface area contributed by atoms with Gasteiger partial charge < -0.3 is 5.32 Å². The highest BCUT2D eigenvalue weighted by Crippen LogP contribution is 2.39. The summed E-state index contributed by atoms with van der Waals surface area (Å²) in [6.45, 7) is 9.72. The minimum atomic E-state index is 0.576. The molecule has 0 radical (unpaired) electrons. The van der Waals surface area contributed by atoms with E-state index in [2.05, 4.69) is 50.0 Å². The van der Waals surface area contributed by atoms with Crippen molar-refractivity contribution < 1.29 is 0 Å². The lowest BCUT2D eigenvalue weighted by Gasteiger charge is -2.37. The van der Waals surface area contributed by atoms with Crippen molar-refractivity contribution in [1.82, 2.24) is 5.32 Å². The van der Waals surface area contributed by atoms with Crippen LogP contribution in [0.5, 0.6) is 0 Å². The SMILES string of the molecule is C=C(CC)CC(NCCC)C1Cc2ccccc21. The van der Waals surface area contributed by atoms with Crippen molar-refractivity contribution in [2.75, 3.05) is 6.54 Å². The summed E-state index contributed by atoms with van der Waals surface area (Å²) >= 11 is 0. The van der Waals surface area contributed by atoms with E-state index in [1.54, 1.807) is 5.56 Å². The summed E-state index contributed by atoms with van der Waals surface area (Å²) < 4.78 is 0. The molecule has 1 aromatic rings. The molecule has 0 aliphatic heterocycles. The van der Waals surface area contributed by atoms with Gasteiger partial charge in [-0.3, -0.25) is 0 Å². The highest BCUT2D eigenvalue weighted by atomic mass is 14.9. The second-order valence-electron chi connectivity index (χ2n) is 5.38. The van der Waals surface area contributed by atoms with Gasteiger partial charge in [0, 0.05) is 12.0 Å².